The standard InChI is InChI=1S/C22H24N2O4/c1-14(19-9-6-12-28-19)23(2)20(25)15-10-11-17-18(13-15)22(27)24(21(17)26)16-7-4-3-5-8-16/h6,9-14,16H,3-5,7-8H2,1-2H3. The summed E-state index contributed by atoms with van der Waals surface area (Å²) in [7, 11) is 1.70. The smallest absolute Gasteiger partial charge is 0.261 e. The van der Waals surface area contributed by atoms with E-state index in [1.807, 2.05) is 13.0 Å². The molecule has 6 heteroatoms. The van der Waals surface area contributed by atoms with Gasteiger partial charge in [-0.1, -0.05) is 19.3 Å². The fourth-order valence-corrected chi connectivity index (χ4v) is 4.16. The van der Waals surface area contributed by atoms with Crippen molar-refractivity contribution in [2.24, 2.45) is 0 Å². The van der Waals surface area contributed by atoms with E-state index in [0.717, 1.165) is 32.1 Å². The van der Waals surface area contributed by atoms with Crippen LogP contribution < -0.4 is 0 Å². The molecule has 0 saturated heterocycles. The molecule has 146 valence electrons. The third-order valence-electron chi connectivity index (χ3n) is 5.96. The lowest BCUT2D eigenvalue weighted by molar-refractivity contribution is 0.0548. The van der Waals surface area contributed by atoms with Crippen molar-refractivity contribution in [2.75, 3.05) is 7.05 Å². The van der Waals surface area contributed by atoms with Crippen LogP contribution in [0.25, 0.3) is 0 Å². The predicted octanol–water partition coefficient (Wildman–Crippen LogP) is 4.04. The molecule has 0 N–H and O–H groups in total. The van der Waals surface area contributed by atoms with E-state index in [4.69, 9.17) is 4.42 Å². The summed E-state index contributed by atoms with van der Waals surface area (Å²) in [6.45, 7) is 1.88. The Bertz CT molecular complexity index is 913. The summed E-state index contributed by atoms with van der Waals surface area (Å²) in [4.78, 5) is 41.6. The molecular formula is C22H24N2O4. The van der Waals surface area contributed by atoms with E-state index >= 15 is 0 Å². The Balaban J connectivity index is 1.58. The van der Waals surface area contributed by atoms with Gasteiger partial charge >= 0.3 is 0 Å². The Morgan fingerprint density at radius 3 is 2.50 bits per heavy atom. The first-order valence-corrected chi connectivity index (χ1v) is 9.81. The minimum Gasteiger partial charge on any atom is -0.467 e. The molecule has 0 bridgehead atoms. The van der Waals surface area contributed by atoms with E-state index < -0.39 is 0 Å². The third-order valence-corrected chi connectivity index (χ3v) is 5.96. The summed E-state index contributed by atoms with van der Waals surface area (Å²) < 4.78 is 5.39. The highest BCUT2D eigenvalue weighted by Gasteiger charge is 2.40. The van der Waals surface area contributed by atoms with Crippen molar-refractivity contribution in [2.45, 2.75) is 51.1 Å². The van der Waals surface area contributed by atoms with E-state index in [1.54, 1.807) is 42.5 Å². The van der Waals surface area contributed by atoms with Crippen molar-refractivity contribution in [3.05, 3.63) is 59.0 Å². The third kappa shape index (κ3) is 3.03. The van der Waals surface area contributed by atoms with Gasteiger partial charge in [0.1, 0.15) is 5.76 Å². The fraction of sp³-hybridized carbons (Fsp3) is 0.409. The van der Waals surface area contributed by atoms with Gasteiger partial charge in [-0.3, -0.25) is 19.3 Å². The number of fused-ring (bicyclic) bond motifs is 1. The van der Waals surface area contributed by atoms with Gasteiger partial charge in [-0.2, -0.15) is 0 Å². The molecule has 6 nitrogen and oxygen atoms in total. The van der Waals surface area contributed by atoms with Crippen molar-refractivity contribution in [1.82, 2.24) is 9.80 Å². The average molecular weight is 380 g/mol. The minimum absolute atomic E-state index is 0.0260. The van der Waals surface area contributed by atoms with E-state index in [-0.39, 0.29) is 29.8 Å². The van der Waals surface area contributed by atoms with Gasteiger partial charge in [0.05, 0.1) is 23.4 Å². The van der Waals surface area contributed by atoms with Gasteiger partial charge in [-0.15, -0.1) is 0 Å². The quantitative estimate of drug-likeness (QED) is 0.751. The molecule has 28 heavy (non-hydrogen) atoms. The molecular weight excluding hydrogens is 356 g/mol. The molecule has 1 aliphatic heterocycles. The minimum atomic E-state index is -0.275. The molecule has 1 atom stereocenters. The van der Waals surface area contributed by atoms with Crippen molar-refractivity contribution in [3.8, 4) is 0 Å². The van der Waals surface area contributed by atoms with E-state index in [1.165, 1.54) is 4.90 Å². The normalized spacial score (nSPS) is 18.3. The zero-order valence-electron chi connectivity index (χ0n) is 16.2. The van der Waals surface area contributed by atoms with Crippen molar-refractivity contribution < 1.29 is 18.8 Å². The zero-order chi connectivity index (χ0) is 19.8. The lowest BCUT2D eigenvalue weighted by Gasteiger charge is -2.29. The highest BCUT2D eigenvalue weighted by molar-refractivity contribution is 6.22. The SMILES string of the molecule is CC(c1ccco1)N(C)C(=O)c1ccc2c(c1)C(=O)N(C1CCCCC1)C2=O. The topological polar surface area (TPSA) is 70.8 Å². The summed E-state index contributed by atoms with van der Waals surface area (Å²) in [5.41, 5.74) is 1.13. The van der Waals surface area contributed by atoms with Crippen LogP contribution in [0, 0.1) is 0 Å². The van der Waals surface area contributed by atoms with Crippen LogP contribution in [0.3, 0.4) is 0 Å². The van der Waals surface area contributed by atoms with Crippen LogP contribution in [-0.2, 0) is 0 Å². The van der Waals surface area contributed by atoms with Crippen LogP contribution >= 0.6 is 0 Å². The van der Waals surface area contributed by atoms with Crippen LogP contribution in [0.15, 0.2) is 41.0 Å². The summed E-state index contributed by atoms with van der Waals surface area (Å²) in [6.07, 6.45) is 6.53. The molecule has 3 amide bonds. The van der Waals surface area contributed by atoms with Gasteiger partial charge in [0, 0.05) is 18.7 Å². The summed E-state index contributed by atoms with van der Waals surface area (Å²) >= 11 is 0. The zero-order valence-corrected chi connectivity index (χ0v) is 16.2. The van der Waals surface area contributed by atoms with E-state index in [2.05, 4.69) is 0 Å². The van der Waals surface area contributed by atoms with Gasteiger partial charge in [0.25, 0.3) is 17.7 Å². The number of hydrogen-bond acceptors (Lipinski definition) is 4. The summed E-state index contributed by atoms with van der Waals surface area (Å²) in [5, 5.41) is 0. The summed E-state index contributed by atoms with van der Waals surface area (Å²) in [5.74, 6) is -0.0405. The van der Waals surface area contributed by atoms with Crippen LogP contribution in [0.1, 0.15) is 81.9 Å². The molecule has 2 aromatic rings. The highest BCUT2D eigenvalue weighted by Crippen LogP contribution is 2.32. The lowest BCUT2D eigenvalue weighted by atomic mass is 9.94. The van der Waals surface area contributed by atoms with Gasteiger partial charge in [0.2, 0.25) is 0 Å². The number of imide groups is 1. The van der Waals surface area contributed by atoms with E-state index in [9.17, 15) is 14.4 Å². The molecule has 2 heterocycles. The number of furan rings is 1. The molecule has 1 fully saturated rings. The average Bonchev–Trinajstić information content (AvgIpc) is 3.34. The second-order valence-electron chi connectivity index (χ2n) is 7.64. The highest BCUT2D eigenvalue weighted by atomic mass is 16.3. The Labute approximate surface area is 164 Å². The Kier molecular flexibility index (Phi) is 4.79. The summed E-state index contributed by atoms with van der Waals surface area (Å²) in [6, 6.07) is 8.13. The largest absolute Gasteiger partial charge is 0.467 e. The number of carbonyl (C=O) groups is 3. The molecule has 0 radical (unpaired) electrons. The Morgan fingerprint density at radius 2 is 1.82 bits per heavy atom. The first-order chi connectivity index (χ1) is 13.5. The van der Waals surface area contributed by atoms with E-state index in [0.29, 0.717) is 22.5 Å². The van der Waals surface area contributed by atoms with Crippen molar-refractivity contribution in [1.29, 1.82) is 0 Å². The molecule has 1 aliphatic carbocycles. The molecule has 1 unspecified atom stereocenters. The lowest BCUT2D eigenvalue weighted by Crippen LogP contribution is -2.40. The fourth-order valence-electron chi connectivity index (χ4n) is 4.16. The number of nitrogens with zero attached hydrogens (tertiary/aromatic N) is 2. The van der Waals surface area contributed by atoms with Crippen LogP contribution in [-0.4, -0.2) is 40.6 Å². The molecule has 1 aromatic carbocycles. The Hall–Kier alpha value is -2.89. The Morgan fingerprint density at radius 1 is 1.11 bits per heavy atom. The number of carbonyl (C=O) groups excluding carboxylic acids is 3. The van der Waals surface area contributed by atoms with Gasteiger partial charge < -0.3 is 9.32 Å². The van der Waals surface area contributed by atoms with Crippen molar-refractivity contribution >= 4 is 17.7 Å². The van der Waals surface area contributed by atoms with Gasteiger partial charge in [-0.25, -0.2) is 0 Å². The second kappa shape index (κ2) is 7.26. The maximum absolute atomic E-state index is 12.9. The number of amides is 3. The second-order valence-corrected chi connectivity index (χ2v) is 7.64. The van der Waals surface area contributed by atoms with Crippen LogP contribution in [0.2, 0.25) is 0 Å². The number of hydrogen-bond donors (Lipinski definition) is 0. The maximum atomic E-state index is 12.9. The van der Waals surface area contributed by atoms with Crippen LogP contribution in [0.5, 0.6) is 0 Å². The molecule has 4 rings (SSSR count). The van der Waals surface area contributed by atoms with Crippen molar-refractivity contribution in [3.63, 3.8) is 0 Å². The number of rotatable bonds is 4. The maximum Gasteiger partial charge on any atom is 0.261 e. The number of benzene rings is 1. The molecule has 0 spiro atoms. The first kappa shape index (κ1) is 18.5. The predicted molar refractivity (Wildman–Crippen MR) is 103 cm³/mol. The van der Waals surface area contributed by atoms with Gasteiger partial charge in [0.15, 0.2) is 0 Å². The van der Waals surface area contributed by atoms with Crippen LogP contribution in [0.4, 0.5) is 0 Å². The molecule has 1 aromatic heterocycles. The molecule has 1 saturated carbocycles. The molecule has 2 aliphatic rings. The first-order valence-electron chi connectivity index (χ1n) is 9.81. The van der Waals surface area contributed by atoms with Gasteiger partial charge in [-0.05, 0) is 50.1 Å². The monoisotopic (exact) mass is 380 g/mol.